The zero-order chi connectivity index (χ0) is 26.4. The Morgan fingerprint density at radius 3 is 2.84 bits per heavy atom. The number of hydrogen-bond acceptors (Lipinski definition) is 6. The number of nitrogens with zero attached hydrogens (tertiary/aromatic N) is 4. The molecule has 2 atom stereocenters. The highest BCUT2D eigenvalue weighted by Crippen LogP contribution is 2.44. The van der Waals surface area contributed by atoms with Crippen molar-refractivity contribution >= 4 is 17.3 Å². The molecule has 1 aromatic carbocycles. The van der Waals surface area contributed by atoms with E-state index in [4.69, 9.17) is 4.74 Å². The number of pyridine rings is 2. The quantitative estimate of drug-likeness (QED) is 0.532. The fourth-order valence-electron chi connectivity index (χ4n) is 5.10. The maximum Gasteiger partial charge on any atom is 0.286 e. The van der Waals surface area contributed by atoms with Gasteiger partial charge in [0.05, 0.1) is 42.6 Å². The zero-order valence-electron chi connectivity index (χ0n) is 20.9. The summed E-state index contributed by atoms with van der Waals surface area (Å²) in [7, 11) is 0. The largest absolute Gasteiger partial charge is 0.377 e. The number of aryl methyl sites for hydroxylation is 1. The number of halogens is 2. The third-order valence-corrected chi connectivity index (χ3v) is 7.20. The molecular weight excluding hydrogens is 476 g/mol. The third kappa shape index (κ3) is 4.65. The van der Waals surface area contributed by atoms with Crippen LogP contribution in [0, 0.1) is 23.7 Å². The van der Waals surface area contributed by atoms with Crippen molar-refractivity contribution in [1.29, 1.82) is 5.26 Å². The van der Waals surface area contributed by atoms with Gasteiger partial charge in [0.25, 0.3) is 11.8 Å². The second-order valence-electron chi connectivity index (χ2n) is 9.96. The maximum atomic E-state index is 13.7. The van der Waals surface area contributed by atoms with Crippen LogP contribution in [0.3, 0.4) is 0 Å². The van der Waals surface area contributed by atoms with Crippen LogP contribution in [0.4, 0.5) is 20.2 Å². The van der Waals surface area contributed by atoms with Gasteiger partial charge >= 0.3 is 0 Å². The first-order valence-electron chi connectivity index (χ1n) is 12.1. The third-order valence-electron chi connectivity index (χ3n) is 7.20. The topological polar surface area (TPSA) is 91.1 Å². The van der Waals surface area contributed by atoms with E-state index in [2.05, 4.69) is 38.4 Å². The Kier molecular flexibility index (Phi) is 6.16. The summed E-state index contributed by atoms with van der Waals surface area (Å²) >= 11 is 0. The van der Waals surface area contributed by atoms with Gasteiger partial charge in [0.15, 0.2) is 0 Å². The van der Waals surface area contributed by atoms with E-state index in [1.165, 1.54) is 12.3 Å². The lowest BCUT2D eigenvalue weighted by Crippen LogP contribution is -2.57. The number of alkyl halides is 2. The highest BCUT2D eigenvalue weighted by Gasteiger charge is 2.45. The van der Waals surface area contributed by atoms with Gasteiger partial charge in [0.1, 0.15) is 5.69 Å². The molecule has 1 fully saturated rings. The van der Waals surface area contributed by atoms with Gasteiger partial charge in [0.2, 0.25) is 0 Å². The molecule has 7 nitrogen and oxygen atoms in total. The Labute approximate surface area is 214 Å². The number of benzene rings is 1. The van der Waals surface area contributed by atoms with Gasteiger partial charge in [-0.25, -0.2) is 0 Å². The first-order valence-corrected chi connectivity index (χ1v) is 12.1. The number of nitrogens with one attached hydrogen (secondary N) is 1. The highest BCUT2D eigenvalue weighted by atomic mass is 19.3. The van der Waals surface area contributed by atoms with Crippen molar-refractivity contribution in [3.63, 3.8) is 0 Å². The molecule has 2 aliphatic heterocycles. The molecule has 2 aliphatic rings. The summed E-state index contributed by atoms with van der Waals surface area (Å²) in [6, 6.07) is 13.0. The van der Waals surface area contributed by atoms with Crippen molar-refractivity contribution in [1.82, 2.24) is 9.97 Å². The van der Waals surface area contributed by atoms with E-state index in [-0.39, 0.29) is 11.6 Å². The average Bonchev–Trinajstić information content (AvgIpc) is 2.89. The van der Waals surface area contributed by atoms with E-state index in [1.807, 2.05) is 26.0 Å². The molecule has 0 spiro atoms. The van der Waals surface area contributed by atoms with Crippen molar-refractivity contribution in [3.8, 4) is 17.2 Å². The number of carbonyl (C=O) groups excluding carboxylic acids is 1. The number of ether oxygens (including phenoxy) is 1. The van der Waals surface area contributed by atoms with Gasteiger partial charge in [-0.05, 0) is 55.7 Å². The molecule has 0 bridgehead atoms. The SMILES string of the molecule is Cc1ncc(NC(=O)c2ccnc(C(C)(F)F)c2)cc1-c1ccc2c(c1)N1CCOCC1C(C)(C#N)C2. The molecule has 4 heterocycles. The summed E-state index contributed by atoms with van der Waals surface area (Å²) in [5, 5.41) is 12.7. The number of rotatable bonds is 4. The Morgan fingerprint density at radius 2 is 2.08 bits per heavy atom. The molecule has 1 amide bonds. The minimum absolute atomic E-state index is 0.0282. The fraction of sp³-hybridized carbons (Fsp3) is 0.357. The number of fused-ring (bicyclic) bond motifs is 3. The predicted octanol–water partition coefficient (Wildman–Crippen LogP) is 5.11. The van der Waals surface area contributed by atoms with Crippen molar-refractivity contribution in [2.75, 3.05) is 30.0 Å². The lowest BCUT2D eigenvalue weighted by Gasteiger charge is -2.49. The van der Waals surface area contributed by atoms with Crippen LogP contribution in [0.2, 0.25) is 0 Å². The van der Waals surface area contributed by atoms with E-state index < -0.39 is 22.9 Å². The number of anilines is 2. The Morgan fingerprint density at radius 1 is 1.27 bits per heavy atom. The molecular formula is C28H27F2N5O2. The molecule has 0 aliphatic carbocycles. The second kappa shape index (κ2) is 9.20. The van der Waals surface area contributed by atoms with Crippen LogP contribution in [-0.2, 0) is 17.1 Å². The monoisotopic (exact) mass is 503 g/mol. The summed E-state index contributed by atoms with van der Waals surface area (Å²) in [5.74, 6) is -3.67. The van der Waals surface area contributed by atoms with Crippen LogP contribution in [0.25, 0.3) is 11.1 Å². The van der Waals surface area contributed by atoms with Crippen LogP contribution >= 0.6 is 0 Å². The van der Waals surface area contributed by atoms with Gasteiger partial charge in [-0.3, -0.25) is 14.8 Å². The number of nitriles is 1. The van der Waals surface area contributed by atoms with Crippen LogP contribution in [0.5, 0.6) is 0 Å². The zero-order valence-corrected chi connectivity index (χ0v) is 20.9. The van der Waals surface area contributed by atoms with Gasteiger partial charge in [-0.2, -0.15) is 14.0 Å². The van der Waals surface area contributed by atoms with Gasteiger partial charge in [-0.1, -0.05) is 12.1 Å². The van der Waals surface area contributed by atoms with E-state index in [1.54, 1.807) is 6.20 Å². The van der Waals surface area contributed by atoms with E-state index in [0.29, 0.717) is 31.9 Å². The molecule has 37 heavy (non-hydrogen) atoms. The summed E-state index contributed by atoms with van der Waals surface area (Å²) in [4.78, 5) is 23.2. The Hall–Kier alpha value is -3.90. The normalized spacial score (nSPS) is 21.0. The predicted molar refractivity (Wildman–Crippen MR) is 136 cm³/mol. The molecule has 3 aromatic rings. The smallest absolute Gasteiger partial charge is 0.286 e. The number of hydrogen-bond donors (Lipinski definition) is 1. The molecule has 0 radical (unpaired) electrons. The summed E-state index contributed by atoms with van der Waals surface area (Å²) in [6.07, 6.45) is 3.38. The van der Waals surface area contributed by atoms with E-state index >= 15 is 0 Å². The number of amides is 1. The lowest BCUT2D eigenvalue weighted by atomic mass is 9.73. The summed E-state index contributed by atoms with van der Waals surface area (Å²) in [5.41, 5.74) is 4.28. The van der Waals surface area contributed by atoms with Crippen molar-refractivity contribution in [2.45, 2.75) is 39.2 Å². The van der Waals surface area contributed by atoms with E-state index in [0.717, 1.165) is 41.1 Å². The van der Waals surface area contributed by atoms with Crippen molar-refractivity contribution in [3.05, 3.63) is 71.3 Å². The Bertz CT molecular complexity index is 1410. The first kappa shape index (κ1) is 24.8. The van der Waals surface area contributed by atoms with Crippen LogP contribution < -0.4 is 10.2 Å². The first-order chi connectivity index (χ1) is 17.6. The number of carbonyl (C=O) groups is 1. The van der Waals surface area contributed by atoms with Crippen LogP contribution in [-0.4, -0.2) is 41.7 Å². The lowest BCUT2D eigenvalue weighted by molar-refractivity contribution is 0.0127. The number of morpholine rings is 1. The summed E-state index contributed by atoms with van der Waals surface area (Å²) in [6.45, 7) is 6.44. The van der Waals surface area contributed by atoms with Gasteiger partial charge < -0.3 is 15.0 Å². The van der Waals surface area contributed by atoms with E-state index in [9.17, 15) is 18.8 Å². The number of aromatic nitrogens is 2. The fourth-order valence-corrected chi connectivity index (χ4v) is 5.10. The van der Waals surface area contributed by atoms with Gasteiger partial charge in [-0.15, -0.1) is 0 Å². The molecule has 1 N–H and O–H groups in total. The minimum Gasteiger partial charge on any atom is -0.377 e. The maximum absolute atomic E-state index is 13.7. The molecule has 190 valence electrons. The molecule has 1 saturated heterocycles. The molecule has 2 unspecified atom stereocenters. The van der Waals surface area contributed by atoms with Crippen LogP contribution in [0.1, 0.15) is 41.2 Å². The van der Waals surface area contributed by atoms with Crippen molar-refractivity contribution < 1.29 is 18.3 Å². The highest BCUT2D eigenvalue weighted by molar-refractivity contribution is 6.04. The minimum atomic E-state index is -3.15. The van der Waals surface area contributed by atoms with Crippen molar-refractivity contribution in [2.24, 2.45) is 5.41 Å². The molecule has 9 heteroatoms. The van der Waals surface area contributed by atoms with Gasteiger partial charge in [0, 0.05) is 42.2 Å². The standard InChI is InChI=1S/C28H27F2N5O2/c1-17-22(12-21(14-33-17)34-26(36)19-6-7-32-24(11-19)28(3,29)30)18-4-5-20-13-27(2,16-31)25-15-37-9-8-35(25)23(20)10-18/h4-7,10-12,14,25H,8-9,13,15H2,1-3H3,(H,34,36). The molecule has 5 rings (SSSR count). The average molecular weight is 504 g/mol. The second-order valence-corrected chi connectivity index (χ2v) is 9.96. The molecule has 0 saturated carbocycles. The van der Waals surface area contributed by atoms with Crippen LogP contribution in [0.15, 0.2) is 48.8 Å². The summed E-state index contributed by atoms with van der Waals surface area (Å²) < 4.78 is 33.0. The molecule has 2 aromatic heterocycles. The Balaban J connectivity index is 1.45.